The Bertz CT molecular complexity index is 501. The molecule has 0 saturated carbocycles. The van der Waals surface area contributed by atoms with Crippen LogP contribution in [0.15, 0.2) is 16.0 Å². The van der Waals surface area contributed by atoms with E-state index in [4.69, 9.17) is 5.53 Å². The Labute approximate surface area is 78.2 Å². The molecule has 0 atom stereocenters. The van der Waals surface area contributed by atoms with Crippen molar-refractivity contribution in [2.24, 2.45) is 5.11 Å². The topological polar surface area (TPSA) is 97.5 Å². The summed E-state index contributed by atoms with van der Waals surface area (Å²) in [5, 5.41) is 2.75. The fourth-order valence-electron chi connectivity index (χ4n) is 1.30. The van der Waals surface area contributed by atoms with E-state index in [1.54, 1.807) is 12.2 Å². The normalized spacial score (nSPS) is 13.9. The van der Waals surface area contributed by atoms with Crippen molar-refractivity contribution in [3.8, 4) is 0 Å². The van der Waals surface area contributed by atoms with Crippen LogP contribution in [0.3, 0.4) is 0 Å². The molecular weight excluding hydrogens is 184 g/mol. The molecule has 6 heteroatoms. The maximum absolute atomic E-state index is 11.3. The van der Waals surface area contributed by atoms with E-state index >= 15 is 0 Å². The summed E-state index contributed by atoms with van der Waals surface area (Å²) in [7, 11) is 0. The molecule has 0 spiro atoms. The van der Waals surface area contributed by atoms with Gasteiger partial charge in [-0.15, -0.1) is 0 Å². The second kappa shape index (κ2) is 2.99. The van der Waals surface area contributed by atoms with Gasteiger partial charge in [-0.3, -0.25) is 14.6 Å². The first kappa shape index (κ1) is 8.49. The maximum Gasteiger partial charge on any atom is 0.263 e. The molecule has 69 valence electrons. The highest BCUT2D eigenvalue weighted by Gasteiger charge is 2.19. The quantitative estimate of drug-likeness (QED) is 0.641. The monoisotopic (exact) mass is 189 g/mol. The van der Waals surface area contributed by atoms with Crippen molar-refractivity contribution < 1.29 is 4.79 Å². The number of aromatic amines is 1. The summed E-state index contributed by atoms with van der Waals surface area (Å²) < 4.78 is 0. The Morgan fingerprint density at radius 1 is 1.50 bits per heavy atom. The summed E-state index contributed by atoms with van der Waals surface area (Å²) in [5.74, 6) is -0.478. The number of nitrogens with zero attached hydrogens (tertiary/aromatic N) is 3. The van der Waals surface area contributed by atoms with E-state index in [2.05, 4.69) is 15.1 Å². The van der Waals surface area contributed by atoms with Gasteiger partial charge in [0.2, 0.25) is 0 Å². The number of hydrogen-bond donors (Lipinski definition) is 1. The summed E-state index contributed by atoms with van der Waals surface area (Å²) in [5.41, 5.74) is 8.12. The van der Waals surface area contributed by atoms with Crippen molar-refractivity contribution in [1.29, 1.82) is 0 Å². The highest BCUT2D eigenvalue weighted by molar-refractivity contribution is 6.01. The minimum atomic E-state index is -0.572. The summed E-state index contributed by atoms with van der Waals surface area (Å²) in [6, 6.07) is 0. The number of aromatic nitrogens is 2. The van der Waals surface area contributed by atoms with Crippen LogP contribution in [0.2, 0.25) is 0 Å². The zero-order valence-corrected chi connectivity index (χ0v) is 7.02. The third-order valence-electron chi connectivity index (χ3n) is 1.89. The van der Waals surface area contributed by atoms with Crippen LogP contribution in [-0.4, -0.2) is 15.8 Å². The van der Waals surface area contributed by atoms with Gasteiger partial charge in [-0.2, -0.15) is 0 Å². The lowest BCUT2D eigenvalue weighted by Crippen LogP contribution is -2.22. The molecule has 1 aromatic heterocycles. The van der Waals surface area contributed by atoms with Gasteiger partial charge in [-0.05, 0) is 11.6 Å². The fourth-order valence-corrected chi connectivity index (χ4v) is 1.30. The number of rotatable bonds is 1. The second-order valence-electron chi connectivity index (χ2n) is 2.78. The van der Waals surface area contributed by atoms with Crippen molar-refractivity contribution in [2.75, 3.05) is 0 Å². The number of carbonyl (C=O) groups excluding carboxylic acids is 1. The number of carbonyl (C=O) groups is 1. The van der Waals surface area contributed by atoms with Crippen LogP contribution < -0.4 is 11.1 Å². The first-order valence-electron chi connectivity index (χ1n) is 3.91. The molecule has 0 aliphatic heterocycles. The zero-order valence-electron chi connectivity index (χ0n) is 7.02. The molecule has 2 rings (SSSR count). The molecule has 1 aliphatic carbocycles. The van der Waals surface area contributed by atoms with E-state index in [1.165, 1.54) is 0 Å². The summed E-state index contributed by atoms with van der Waals surface area (Å²) in [4.78, 5) is 28.6. The van der Waals surface area contributed by atoms with Crippen molar-refractivity contribution in [3.63, 3.8) is 0 Å². The van der Waals surface area contributed by atoms with Crippen LogP contribution in [0.1, 0.15) is 22.5 Å². The summed E-state index contributed by atoms with van der Waals surface area (Å²) in [6.45, 7) is 0. The van der Waals surface area contributed by atoms with Crippen molar-refractivity contribution >= 4 is 17.8 Å². The third-order valence-corrected chi connectivity index (χ3v) is 1.89. The Hall–Kier alpha value is -2.11. The van der Waals surface area contributed by atoms with E-state index in [1.807, 2.05) is 0 Å². The molecule has 1 aliphatic rings. The molecule has 0 fully saturated rings. The SMILES string of the molecule is [N]=Nc1nc2c(c(=O)[nH]1)C(=O)CC=C2. The van der Waals surface area contributed by atoms with Gasteiger partial charge in [0.15, 0.2) is 5.78 Å². The van der Waals surface area contributed by atoms with Crippen LogP contribution in [0.25, 0.3) is 6.08 Å². The molecule has 0 bridgehead atoms. The maximum atomic E-state index is 11.3. The summed E-state index contributed by atoms with van der Waals surface area (Å²) in [6.07, 6.45) is 3.37. The number of nitrogens with one attached hydrogen (secondary N) is 1. The number of Topliss-reactive ketones (excluding diaryl/α,β-unsaturated/α-hetero) is 1. The minimum absolute atomic E-state index is 0.0277. The molecule has 14 heavy (non-hydrogen) atoms. The van der Waals surface area contributed by atoms with Crippen LogP contribution in [0, 0.1) is 0 Å². The molecule has 1 N–H and O–H groups in total. The molecule has 0 saturated heterocycles. The van der Waals surface area contributed by atoms with Gasteiger partial charge >= 0.3 is 0 Å². The first-order chi connectivity index (χ1) is 6.72. The Kier molecular flexibility index (Phi) is 1.81. The molecule has 1 radical (unpaired) electrons. The molecular formula is C8H5N4O2. The number of ketones is 1. The smallest absolute Gasteiger partial charge is 0.263 e. The van der Waals surface area contributed by atoms with E-state index in [-0.39, 0.29) is 29.4 Å². The van der Waals surface area contributed by atoms with E-state index in [0.717, 1.165) is 0 Å². The largest absolute Gasteiger partial charge is 0.294 e. The molecule has 0 unspecified atom stereocenters. The first-order valence-corrected chi connectivity index (χ1v) is 3.91. The minimum Gasteiger partial charge on any atom is -0.294 e. The Balaban J connectivity index is 2.76. The molecule has 0 aromatic carbocycles. The number of allylic oxidation sites excluding steroid dienone is 1. The molecule has 1 heterocycles. The predicted octanol–water partition coefficient (Wildman–Crippen LogP) is 0.253. The van der Waals surface area contributed by atoms with E-state index in [0.29, 0.717) is 0 Å². The van der Waals surface area contributed by atoms with Gasteiger partial charge in [-0.25, -0.2) is 4.98 Å². The lowest BCUT2D eigenvalue weighted by Gasteiger charge is -2.06. The average molecular weight is 189 g/mol. The van der Waals surface area contributed by atoms with E-state index in [9.17, 15) is 9.59 Å². The number of fused-ring (bicyclic) bond motifs is 1. The number of H-pyrrole nitrogens is 1. The van der Waals surface area contributed by atoms with E-state index < -0.39 is 5.56 Å². The standard InChI is InChI=1S/C8H5N4O2/c9-12-8-10-4-2-1-3-5(13)6(4)7(14)11-8/h1-2H,3H2,(H,10,11,14). The van der Waals surface area contributed by atoms with Gasteiger partial charge in [-0.1, -0.05) is 11.2 Å². The van der Waals surface area contributed by atoms with Crippen molar-refractivity contribution in [3.05, 3.63) is 27.7 Å². The van der Waals surface area contributed by atoms with Crippen LogP contribution in [-0.2, 0) is 0 Å². The lowest BCUT2D eigenvalue weighted by atomic mass is 10.0. The molecule has 6 nitrogen and oxygen atoms in total. The van der Waals surface area contributed by atoms with Gasteiger partial charge < -0.3 is 0 Å². The Morgan fingerprint density at radius 3 is 3.00 bits per heavy atom. The van der Waals surface area contributed by atoms with Gasteiger partial charge in [0.05, 0.1) is 5.69 Å². The third kappa shape index (κ3) is 1.17. The van der Waals surface area contributed by atoms with Crippen molar-refractivity contribution in [2.45, 2.75) is 6.42 Å². The van der Waals surface area contributed by atoms with Gasteiger partial charge in [0.25, 0.3) is 11.5 Å². The van der Waals surface area contributed by atoms with Crippen LogP contribution in [0.5, 0.6) is 0 Å². The second-order valence-corrected chi connectivity index (χ2v) is 2.78. The average Bonchev–Trinajstić information content (AvgIpc) is 2.17. The summed E-state index contributed by atoms with van der Waals surface area (Å²) >= 11 is 0. The lowest BCUT2D eigenvalue weighted by molar-refractivity contribution is 0.0992. The fraction of sp³-hybridized carbons (Fsp3) is 0.125. The predicted molar refractivity (Wildman–Crippen MR) is 47.1 cm³/mol. The van der Waals surface area contributed by atoms with Gasteiger partial charge in [0, 0.05) is 6.42 Å². The Morgan fingerprint density at radius 2 is 2.29 bits per heavy atom. The number of hydrogen-bond acceptors (Lipinski definition) is 4. The van der Waals surface area contributed by atoms with Crippen molar-refractivity contribution in [1.82, 2.24) is 15.5 Å². The molecule has 0 amide bonds. The van der Waals surface area contributed by atoms with Crippen LogP contribution in [0.4, 0.5) is 5.95 Å². The molecule has 1 aromatic rings. The van der Waals surface area contributed by atoms with Crippen LogP contribution >= 0.6 is 0 Å². The highest BCUT2D eigenvalue weighted by atomic mass is 16.1. The highest BCUT2D eigenvalue weighted by Crippen LogP contribution is 2.14. The zero-order chi connectivity index (χ0) is 10.1. The van der Waals surface area contributed by atoms with Gasteiger partial charge in [0.1, 0.15) is 5.56 Å².